The summed E-state index contributed by atoms with van der Waals surface area (Å²) in [5.74, 6) is -0.526. The fraction of sp³-hybridized carbons (Fsp3) is 0.486. The maximum Gasteiger partial charge on any atom is 0.390 e. The number of rotatable bonds is 9. The van der Waals surface area contributed by atoms with Crippen molar-refractivity contribution in [3.05, 3.63) is 178 Å². The number of fused-ring (bicyclic) bond motifs is 16. The van der Waals surface area contributed by atoms with E-state index in [2.05, 4.69) is 79.8 Å². The summed E-state index contributed by atoms with van der Waals surface area (Å²) in [4.78, 5) is 75.3. The van der Waals surface area contributed by atoms with Gasteiger partial charge in [-0.15, -0.1) is 7.92 Å². The number of nitrogens with zero attached hydrogens (tertiary/aromatic N) is 18. The Hall–Kier alpha value is -7.60. The van der Waals surface area contributed by atoms with Gasteiger partial charge in [-0.2, -0.15) is 0 Å². The highest BCUT2D eigenvalue weighted by Gasteiger charge is 2.56. The molecule has 16 heterocycles. The average Bonchev–Trinajstić information content (AvgIpc) is 1.62. The van der Waals surface area contributed by atoms with Crippen LogP contribution in [0.3, 0.4) is 0 Å². The number of halogens is 4. The van der Waals surface area contributed by atoms with Gasteiger partial charge >= 0.3 is 13.6 Å². The lowest BCUT2D eigenvalue weighted by Crippen LogP contribution is -2.37. The van der Waals surface area contributed by atoms with Crippen molar-refractivity contribution >= 4 is 119 Å². The van der Waals surface area contributed by atoms with Crippen molar-refractivity contribution in [2.45, 2.75) is 161 Å². The second-order valence-electron chi connectivity index (χ2n) is 28.3. The van der Waals surface area contributed by atoms with Crippen LogP contribution in [0, 0.1) is 20.2 Å². The Labute approximate surface area is 677 Å². The lowest BCUT2D eigenvalue weighted by molar-refractivity contribution is -0.385. The first-order valence-electron chi connectivity index (χ1n) is 36.9. The van der Waals surface area contributed by atoms with E-state index in [0.29, 0.717) is 138 Å². The second kappa shape index (κ2) is 36.4. The van der Waals surface area contributed by atoms with Crippen molar-refractivity contribution in [3.8, 4) is 0 Å². The van der Waals surface area contributed by atoms with E-state index < -0.39 is 155 Å². The molecule has 117 heavy (non-hydrogen) atoms. The molecule has 8 aliphatic rings. The summed E-state index contributed by atoms with van der Waals surface area (Å²) in [6.45, 7) is -6.75. The molecular weight excluding hydrogens is 1680 g/mol. The fourth-order valence-corrected chi connectivity index (χ4v) is 22.7. The number of imidazole rings is 4. The third-order valence-electron chi connectivity index (χ3n) is 19.8. The standard InChI is InChI=1S/C34H35F2N9O9P2S2.C33H34F2N9O9PS.C3H9P/c1-55(57)49-12-23-30-26(36)34(51-23)44-18-42-28-21(38-16-40-32(28)44)10-5-3-2-4-9-20-27-31(39-15-37-20)43(17-41-27)33-25(35)29(53-55)24(52-33)13-50-56(48,54-30)58-14-19-8-6-7-11-22(19)45(46)47;34-24-28(46)23-12-50-54(49,55-13-18-7-5-6-10-21(18)44(47)48)53-29-22(11-45)51-33(25(29)35)43-17-41-27-20(37-15-39-31(27)43)9-4-2-1-3-8-19-26-30(38-14-36-19)42(16-40-26)32(24)52-23;1-4(2)3/h2-3,6-8,11,15-18,23-26,29-30,33-34H,4-5,9-10,12-14H2,1H3;1-2,5-7,10,14-17,22-25,28-29,32-33,45-46H,3-4,8-9,11-13H2;1-3H3/b3-2+;2-1+;/t23?,24-,25-,26-,29-,30-,33-,34-,55?,56?;22-,23-,24-,25-,28-,29-,32-,33-,54?;/m11./s1. The molecule has 18 rings (SSSR count). The number of nitro groups is 2. The van der Waals surface area contributed by atoms with E-state index in [1.807, 2.05) is 24.3 Å². The number of ether oxygens (including phenoxy) is 4. The van der Waals surface area contributed by atoms with Crippen molar-refractivity contribution in [2.24, 2.45) is 0 Å². The summed E-state index contributed by atoms with van der Waals surface area (Å²) in [5, 5.41) is 44.8. The van der Waals surface area contributed by atoms with Gasteiger partial charge in [0.2, 0.25) is 0 Å². The molecule has 622 valence electrons. The van der Waals surface area contributed by atoms with Gasteiger partial charge in [0.15, 0.2) is 78.7 Å². The predicted octanol–water partition coefficient (Wildman–Crippen LogP) is 11.9. The Bertz CT molecular complexity index is 5500. The van der Waals surface area contributed by atoms with Gasteiger partial charge in [-0.3, -0.25) is 56.6 Å². The molecule has 0 saturated carbocycles. The van der Waals surface area contributed by atoms with Crippen LogP contribution in [0.2, 0.25) is 0 Å². The molecule has 2 aromatic carbocycles. The van der Waals surface area contributed by atoms with Crippen molar-refractivity contribution in [1.29, 1.82) is 0 Å². The maximum atomic E-state index is 17.0. The molecule has 0 spiro atoms. The summed E-state index contributed by atoms with van der Waals surface area (Å²) < 4.78 is 162. The smallest absolute Gasteiger partial charge is 0.390 e. The van der Waals surface area contributed by atoms with Crippen LogP contribution in [0.4, 0.5) is 28.9 Å². The number of allylic oxidation sites excluding steroid dienone is 4. The van der Waals surface area contributed by atoms with Crippen LogP contribution in [-0.2, 0) is 104 Å². The van der Waals surface area contributed by atoms with Crippen molar-refractivity contribution in [2.75, 3.05) is 53.1 Å². The number of benzene rings is 2. The number of aromatic nitrogens is 16. The highest BCUT2D eigenvalue weighted by atomic mass is 32.7. The minimum atomic E-state index is -4.61. The van der Waals surface area contributed by atoms with E-state index in [1.54, 1.807) is 12.1 Å². The summed E-state index contributed by atoms with van der Waals surface area (Å²) in [7, 11) is 0.380. The molecule has 8 aromatic heterocycles. The van der Waals surface area contributed by atoms with Gasteiger partial charge in [-0.25, -0.2) is 86.5 Å². The van der Waals surface area contributed by atoms with E-state index in [4.69, 9.17) is 57.9 Å². The van der Waals surface area contributed by atoms with Gasteiger partial charge in [0.1, 0.15) is 96.2 Å². The molecule has 0 aliphatic carbocycles. The number of para-hydroxylation sites is 2. The molecule has 2 N–H and O–H groups in total. The molecule has 47 heteroatoms. The lowest BCUT2D eigenvalue weighted by atomic mass is 10.1. The van der Waals surface area contributed by atoms with Crippen molar-refractivity contribution in [3.63, 3.8) is 0 Å². The third-order valence-corrected chi connectivity index (χ3v) is 28.9. The SMILES string of the molecule is CP(C)C.CP1(=S)OCC2O[C@@H]3[C@H](F)[C@@H]2OP(=O)(SCc2ccccc2[N+](=O)[O-])OC[C@H]2O[C@H]([C@H](F)[C@@H]2O1)n1cnc2c(ncnc21)CC/C=C/CCc1ncnc2c1ncn23.O=[N+]([O-])c1ccccc1CSP1(=O)OC[C@H]2O[C@H]([C@H](F)[C@@H]2O)n2cnc3c(ncnc32)CC/C=C/CCc2ncnc3c2ncn3[C@@H]2O[C@H](CO)[C@@H](O1)[C@H]2F. The molecule has 8 aliphatic heterocycles. The molecule has 5 fully saturated rings. The van der Waals surface area contributed by atoms with E-state index >= 15 is 17.6 Å². The zero-order valence-corrected chi connectivity index (χ0v) is 68.7. The van der Waals surface area contributed by atoms with Crippen molar-refractivity contribution in [1.82, 2.24) is 78.1 Å². The Morgan fingerprint density at radius 2 is 0.829 bits per heavy atom. The number of alkyl halides is 4. The number of aryl methyl sites for hydroxylation is 4. The molecule has 26 bridgehead atoms. The van der Waals surface area contributed by atoms with Gasteiger partial charge in [0.25, 0.3) is 11.4 Å². The molecule has 5 saturated heterocycles. The van der Waals surface area contributed by atoms with Crippen LogP contribution < -0.4 is 0 Å². The van der Waals surface area contributed by atoms with E-state index in [0.717, 1.165) is 0 Å². The minimum Gasteiger partial charge on any atom is -0.394 e. The number of hydrogen-bond donors (Lipinski definition) is 2. The zero-order chi connectivity index (χ0) is 82.0. The summed E-state index contributed by atoms with van der Waals surface area (Å²) in [6.07, 6.45) is -1.95. The Morgan fingerprint density at radius 1 is 0.496 bits per heavy atom. The monoisotopic (exact) mass is 1750 g/mol. The Balaban J connectivity index is 0.000000176. The van der Waals surface area contributed by atoms with Gasteiger partial charge in [-0.1, -0.05) is 60.7 Å². The molecule has 19 atom stereocenters. The van der Waals surface area contributed by atoms with Gasteiger partial charge in [0, 0.05) is 41.4 Å². The molecule has 4 unspecified atom stereocenters. The number of hydrogen-bond acceptors (Lipinski definition) is 33. The van der Waals surface area contributed by atoms with Crippen LogP contribution in [0.15, 0.2) is 123 Å². The van der Waals surface area contributed by atoms with Crippen LogP contribution in [0.1, 0.15) is 84.5 Å². The lowest BCUT2D eigenvalue weighted by Gasteiger charge is -2.31. The highest BCUT2D eigenvalue weighted by molar-refractivity contribution is 8.55. The first-order chi connectivity index (χ1) is 56.4. The topological polar surface area (TPSA) is 428 Å². The molecule has 10 aromatic rings. The van der Waals surface area contributed by atoms with Crippen LogP contribution in [0.25, 0.3) is 44.7 Å². The van der Waals surface area contributed by atoms with Crippen molar-refractivity contribution < 1.29 is 92.8 Å². The molecule has 0 radical (unpaired) electrons. The van der Waals surface area contributed by atoms with Gasteiger partial charge in [-0.05, 0) is 106 Å². The molecule has 0 amide bonds. The maximum absolute atomic E-state index is 17.0. The normalized spacial score (nSPS) is 31.5. The van der Waals surface area contributed by atoms with Gasteiger partial charge < -0.3 is 38.2 Å². The third kappa shape index (κ3) is 18.2. The summed E-state index contributed by atoms with van der Waals surface area (Å²) in [6, 6.07) is 11.6. The number of nitro benzene ring substituents is 2. The summed E-state index contributed by atoms with van der Waals surface area (Å²) in [5.41, 5.74) is 5.28. The van der Waals surface area contributed by atoms with Crippen LogP contribution in [-0.4, -0.2) is 225 Å². The first-order valence-corrected chi connectivity index (χ1v) is 48.9. The van der Waals surface area contributed by atoms with Crippen LogP contribution >= 0.6 is 50.8 Å². The number of aliphatic hydroxyl groups is 2. The summed E-state index contributed by atoms with van der Waals surface area (Å²) >= 11 is 6.88. The van der Waals surface area contributed by atoms with Gasteiger partial charge in [0.05, 0.1) is 84.4 Å². The Kier molecular flexibility index (Phi) is 26.2. The highest BCUT2D eigenvalue weighted by Crippen LogP contribution is 2.67. The van der Waals surface area contributed by atoms with E-state index in [9.17, 15) is 39.6 Å². The zero-order valence-electron chi connectivity index (χ0n) is 62.7. The minimum absolute atomic E-state index is 0.158. The largest absolute Gasteiger partial charge is 0.394 e. The molecule has 36 nitrogen and oxygen atoms in total. The predicted molar refractivity (Wildman–Crippen MR) is 423 cm³/mol. The first kappa shape index (κ1) is 84.4. The fourth-order valence-electron chi connectivity index (χ4n) is 14.2. The second-order valence-corrected chi connectivity index (χ2v) is 43.0. The van der Waals surface area contributed by atoms with E-state index in [1.165, 1.54) is 112 Å². The number of aliphatic hydroxyl groups excluding tert-OH is 2. The molecular formula is C70H78F4N18O18P4S3. The quantitative estimate of drug-likeness (QED) is 0.0445. The Morgan fingerprint density at radius 3 is 1.22 bits per heavy atom. The average molecular weight is 1760 g/mol. The van der Waals surface area contributed by atoms with E-state index in [-0.39, 0.29) is 45.3 Å². The van der Waals surface area contributed by atoms with Crippen LogP contribution in [0.5, 0.6) is 0 Å².